The number of ether oxygens (including phenoxy) is 2. The molecule has 0 unspecified atom stereocenters. The van der Waals surface area contributed by atoms with Crippen molar-refractivity contribution in [1.82, 2.24) is 0 Å². The van der Waals surface area contributed by atoms with E-state index >= 15 is 0 Å². The highest BCUT2D eigenvalue weighted by Crippen LogP contribution is 2.39. The second-order valence-corrected chi connectivity index (χ2v) is 8.15. The summed E-state index contributed by atoms with van der Waals surface area (Å²) in [5.41, 5.74) is 1.22. The lowest BCUT2D eigenvalue weighted by molar-refractivity contribution is -0.126. The molecule has 0 bridgehead atoms. The molecule has 0 aliphatic carbocycles. The van der Waals surface area contributed by atoms with Crippen molar-refractivity contribution in [2.75, 3.05) is 14.2 Å². The van der Waals surface area contributed by atoms with E-state index in [1.54, 1.807) is 7.11 Å². The Balaban J connectivity index is 0. The van der Waals surface area contributed by atoms with Crippen LogP contribution in [0, 0.1) is 5.92 Å². The molecule has 0 aromatic heterocycles. The summed E-state index contributed by atoms with van der Waals surface area (Å²) in [5, 5.41) is 0. The maximum Gasteiger partial charge on any atom is 0.494 e. The van der Waals surface area contributed by atoms with Crippen molar-refractivity contribution in [2.24, 2.45) is 5.92 Å². The second kappa shape index (κ2) is 13.6. The summed E-state index contributed by atoms with van der Waals surface area (Å²) >= 11 is 0. The van der Waals surface area contributed by atoms with E-state index in [1.165, 1.54) is 13.5 Å². The van der Waals surface area contributed by atoms with Gasteiger partial charge in [-0.15, -0.1) is 0 Å². The molecule has 1 aliphatic heterocycles. The molecule has 0 amide bonds. The first kappa shape index (κ1) is 28.7. The van der Waals surface area contributed by atoms with E-state index in [2.05, 4.69) is 32.1 Å². The maximum atomic E-state index is 8.95. The zero-order chi connectivity index (χ0) is 22.5. The van der Waals surface area contributed by atoms with Gasteiger partial charge in [-0.05, 0) is 59.0 Å². The summed E-state index contributed by atoms with van der Waals surface area (Å²) in [4.78, 5) is 8.95. The topological polar surface area (TPSA) is 54.0 Å². The third kappa shape index (κ3) is 10.7. The van der Waals surface area contributed by atoms with Crippen molar-refractivity contribution < 1.29 is 23.6 Å². The minimum absolute atomic E-state index is 0.337. The fourth-order valence-electron chi connectivity index (χ4n) is 1.71. The Hall–Kier alpha value is -1.53. The largest absolute Gasteiger partial charge is 0.497 e. The molecule has 28 heavy (non-hydrogen) atoms. The van der Waals surface area contributed by atoms with Gasteiger partial charge in [-0.25, -0.2) is 0 Å². The van der Waals surface area contributed by atoms with Gasteiger partial charge in [0.2, 0.25) is 0 Å². The zero-order valence-electron chi connectivity index (χ0n) is 19.8. The van der Waals surface area contributed by atoms with Gasteiger partial charge in [0.1, 0.15) is 5.76 Å². The van der Waals surface area contributed by atoms with Crippen molar-refractivity contribution >= 4 is 13.6 Å². The molecule has 5 nitrogen and oxygen atoms in total. The molecule has 1 fully saturated rings. The van der Waals surface area contributed by atoms with Crippen LogP contribution in [-0.4, -0.2) is 39.0 Å². The van der Waals surface area contributed by atoms with Crippen LogP contribution in [0.25, 0.3) is 0 Å². The quantitative estimate of drug-likeness (QED) is 0.256. The smallest absolute Gasteiger partial charge is 0.494 e. The monoisotopic (exact) mass is 396 g/mol. The van der Waals surface area contributed by atoms with E-state index in [1.807, 2.05) is 53.7 Å². The molecule has 0 spiro atoms. The minimum Gasteiger partial charge on any atom is -0.497 e. The Morgan fingerprint density at radius 2 is 1.46 bits per heavy atom. The molecule has 0 atom stereocenters. The molecule has 1 rings (SSSR count). The number of hydrogen-bond donors (Lipinski definition) is 0. The van der Waals surface area contributed by atoms with Gasteiger partial charge >= 0.3 is 7.12 Å². The van der Waals surface area contributed by atoms with Gasteiger partial charge in [-0.2, -0.15) is 0 Å². The lowest BCUT2D eigenvalue weighted by Gasteiger charge is -2.32. The summed E-state index contributed by atoms with van der Waals surface area (Å²) in [7, 11) is 2.58. The molecule has 0 aromatic rings. The summed E-state index contributed by atoms with van der Waals surface area (Å²) in [6, 6.07) is 0. The summed E-state index contributed by atoms with van der Waals surface area (Å²) < 4.78 is 21.3. The molecule has 0 saturated carbocycles. The number of rotatable bonds is 6. The van der Waals surface area contributed by atoms with Crippen LogP contribution in [0.15, 0.2) is 35.5 Å². The average Bonchev–Trinajstić information content (AvgIpc) is 2.83. The number of hydrogen-bond acceptors (Lipinski definition) is 5. The van der Waals surface area contributed by atoms with E-state index < -0.39 is 0 Å². The Morgan fingerprint density at radius 3 is 1.71 bits per heavy atom. The Kier molecular flexibility index (Phi) is 14.0. The molecule has 1 aliphatic rings. The molecule has 0 aromatic carbocycles. The minimum atomic E-state index is -0.380. The summed E-state index contributed by atoms with van der Waals surface area (Å²) in [5.74, 6) is 1.64. The van der Waals surface area contributed by atoms with E-state index in [-0.39, 0.29) is 18.3 Å². The molecule has 0 radical (unpaired) electrons. The van der Waals surface area contributed by atoms with Gasteiger partial charge in [-0.1, -0.05) is 45.4 Å². The molecule has 0 N–H and O–H groups in total. The normalized spacial score (nSPS) is 17.8. The van der Waals surface area contributed by atoms with Crippen LogP contribution in [0.3, 0.4) is 0 Å². The Bertz CT molecular complexity index is 517. The van der Waals surface area contributed by atoms with Crippen molar-refractivity contribution in [3.63, 3.8) is 0 Å². The Morgan fingerprint density at radius 1 is 1.07 bits per heavy atom. The van der Waals surface area contributed by atoms with E-state index in [4.69, 9.17) is 18.8 Å². The van der Waals surface area contributed by atoms with Crippen LogP contribution >= 0.6 is 0 Å². The summed E-state index contributed by atoms with van der Waals surface area (Å²) in [6.45, 7) is 22.9. The van der Waals surface area contributed by atoms with Crippen LogP contribution in [0.1, 0.15) is 68.7 Å². The lowest BCUT2D eigenvalue weighted by atomic mass is 9.78. The third-order valence-electron chi connectivity index (χ3n) is 4.65. The van der Waals surface area contributed by atoms with Crippen LogP contribution in [-0.2, 0) is 23.6 Å². The van der Waals surface area contributed by atoms with Gasteiger partial charge in [0.15, 0.2) is 0 Å². The van der Waals surface area contributed by atoms with Gasteiger partial charge in [0.25, 0.3) is 6.47 Å². The second-order valence-electron chi connectivity index (χ2n) is 8.15. The van der Waals surface area contributed by atoms with Crippen LogP contribution in [0.5, 0.6) is 0 Å². The first-order valence-electron chi connectivity index (χ1n) is 9.69. The third-order valence-corrected chi connectivity index (χ3v) is 4.65. The summed E-state index contributed by atoms with van der Waals surface area (Å²) in [6.07, 6.45) is 5.11. The van der Waals surface area contributed by atoms with Gasteiger partial charge < -0.3 is 18.8 Å². The fourth-order valence-corrected chi connectivity index (χ4v) is 1.71. The molecule has 1 saturated heterocycles. The predicted octanol–water partition coefficient (Wildman–Crippen LogP) is 5.51. The van der Waals surface area contributed by atoms with E-state index in [0.717, 1.165) is 22.7 Å². The van der Waals surface area contributed by atoms with Crippen LogP contribution in [0.2, 0.25) is 0 Å². The number of methoxy groups -OCH3 is 2. The maximum absolute atomic E-state index is 8.95. The van der Waals surface area contributed by atoms with E-state index in [9.17, 15) is 0 Å². The first-order chi connectivity index (χ1) is 12.8. The van der Waals surface area contributed by atoms with Crippen molar-refractivity contribution in [3.05, 3.63) is 35.5 Å². The lowest BCUT2D eigenvalue weighted by Crippen LogP contribution is -2.41. The molecular weight excluding hydrogens is 355 g/mol. The number of allylic oxidation sites excluding steroid dienone is 4. The molecule has 1 heterocycles. The fraction of sp³-hybridized carbons (Fsp3) is 0.682. The molecule has 162 valence electrons. The van der Waals surface area contributed by atoms with Gasteiger partial charge in [0.05, 0.1) is 25.4 Å². The molecular formula is C22H41BO5. The molecule has 6 heteroatoms. The number of carbonyl (C=O) groups is 1. The average molecular weight is 396 g/mol. The highest BCUT2D eigenvalue weighted by Gasteiger charge is 2.52. The Labute approximate surface area is 173 Å². The first-order valence-corrected chi connectivity index (χ1v) is 9.69. The van der Waals surface area contributed by atoms with Crippen molar-refractivity contribution in [2.45, 2.75) is 79.9 Å². The van der Waals surface area contributed by atoms with Crippen molar-refractivity contribution in [1.29, 1.82) is 0 Å². The van der Waals surface area contributed by atoms with Crippen molar-refractivity contribution in [3.8, 4) is 0 Å². The van der Waals surface area contributed by atoms with Gasteiger partial charge in [-0.3, -0.25) is 4.79 Å². The SMILES string of the molecule is C=C(C)/C=C\C(OC)=C(/C)B1OC(C)(C)C(C)(C)O1.CCC(C)C.COC=O. The highest BCUT2D eigenvalue weighted by molar-refractivity contribution is 6.54. The van der Waals surface area contributed by atoms with Gasteiger partial charge in [0, 0.05) is 0 Å². The highest BCUT2D eigenvalue weighted by atomic mass is 16.7. The zero-order valence-corrected chi connectivity index (χ0v) is 19.8. The standard InChI is InChI=1S/C15H25BO3.C5H12.C2H4O2/c1-11(2)9-10-13(17-8)12(3)16-18-14(4,5)15(6,7)19-16;1-4-5(2)3;1-4-2-3/h9-10H,1H2,2-8H3;5H,4H2,1-3H3;2H,1H3/b10-9-,13-12-;;. The number of carbonyl (C=O) groups excluding carboxylic acids is 1. The predicted molar refractivity (Wildman–Crippen MR) is 118 cm³/mol. The van der Waals surface area contributed by atoms with Crippen LogP contribution in [0.4, 0.5) is 0 Å². The van der Waals surface area contributed by atoms with Crippen LogP contribution < -0.4 is 0 Å². The van der Waals surface area contributed by atoms with E-state index in [0.29, 0.717) is 6.47 Å².